The summed E-state index contributed by atoms with van der Waals surface area (Å²) in [6.45, 7) is 1.78. The van der Waals surface area contributed by atoms with E-state index in [1.54, 1.807) is 31.2 Å². The summed E-state index contributed by atoms with van der Waals surface area (Å²) >= 11 is 0. The van der Waals surface area contributed by atoms with Crippen LogP contribution < -0.4 is 10.0 Å². The summed E-state index contributed by atoms with van der Waals surface area (Å²) in [5.41, 5.74) is 1.70. The Morgan fingerprint density at radius 1 is 0.900 bits per heavy atom. The molecule has 152 valence electrons. The van der Waals surface area contributed by atoms with Gasteiger partial charge < -0.3 is 9.73 Å². The van der Waals surface area contributed by atoms with Gasteiger partial charge in [-0.1, -0.05) is 30.3 Å². The Kier molecular flexibility index (Phi) is 5.01. The molecule has 2 N–H and O–H groups in total. The summed E-state index contributed by atoms with van der Waals surface area (Å²) in [7, 11) is -3.97. The Bertz CT molecular complexity index is 1350. The lowest BCUT2D eigenvalue weighted by molar-refractivity contribution is 0.0998. The fourth-order valence-electron chi connectivity index (χ4n) is 3.07. The molecule has 0 aliphatic rings. The van der Waals surface area contributed by atoms with E-state index in [2.05, 4.69) is 10.0 Å². The number of benzene rings is 3. The van der Waals surface area contributed by atoms with Crippen molar-refractivity contribution in [2.24, 2.45) is 0 Å². The van der Waals surface area contributed by atoms with Crippen LogP contribution in [0, 0.1) is 12.7 Å². The Balaban J connectivity index is 1.62. The molecule has 0 spiro atoms. The third kappa shape index (κ3) is 3.77. The smallest absolute Gasteiger partial charge is 0.291 e. The zero-order valence-electron chi connectivity index (χ0n) is 15.8. The topological polar surface area (TPSA) is 88.4 Å². The predicted molar refractivity (Wildman–Crippen MR) is 113 cm³/mol. The van der Waals surface area contributed by atoms with E-state index in [1.165, 1.54) is 6.07 Å². The highest BCUT2D eigenvalue weighted by molar-refractivity contribution is 7.92. The van der Waals surface area contributed by atoms with E-state index < -0.39 is 21.7 Å². The molecule has 0 unspecified atom stereocenters. The quantitative estimate of drug-likeness (QED) is 0.475. The molecule has 0 radical (unpaired) electrons. The van der Waals surface area contributed by atoms with Crippen LogP contribution in [0.25, 0.3) is 11.0 Å². The number of nitrogens with one attached hydrogen (secondary N) is 2. The van der Waals surface area contributed by atoms with Crippen LogP contribution in [0.4, 0.5) is 15.8 Å². The van der Waals surface area contributed by atoms with Crippen LogP contribution in [0.1, 0.15) is 16.1 Å². The molecular weight excluding hydrogens is 407 g/mol. The second-order valence-corrected chi connectivity index (χ2v) is 8.29. The van der Waals surface area contributed by atoms with Crippen molar-refractivity contribution in [3.8, 4) is 0 Å². The van der Waals surface area contributed by atoms with E-state index in [4.69, 9.17) is 4.42 Å². The van der Waals surface area contributed by atoms with Crippen LogP contribution in [0.5, 0.6) is 0 Å². The SMILES string of the molecule is Cc1c(C(=O)Nc2ccccc2NS(=O)(=O)c2ccc(F)cc2)oc2ccccc12. The number of rotatable bonds is 5. The maximum atomic E-state index is 13.1. The molecule has 0 saturated carbocycles. The standard InChI is InChI=1S/C22H17FN2O4S/c1-14-17-6-2-5-9-20(17)29-21(14)22(26)24-18-7-3-4-8-19(18)25-30(27,28)16-12-10-15(23)11-13-16/h2-13,25H,1H3,(H,24,26). The van der Waals surface area contributed by atoms with Gasteiger partial charge in [0.15, 0.2) is 5.76 Å². The molecule has 0 atom stereocenters. The average molecular weight is 424 g/mol. The maximum Gasteiger partial charge on any atom is 0.291 e. The third-order valence-electron chi connectivity index (χ3n) is 4.59. The minimum Gasteiger partial charge on any atom is -0.451 e. The monoisotopic (exact) mass is 424 g/mol. The first-order chi connectivity index (χ1) is 14.3. The Morgan fingerprint density at radius 2 is 1.53 bits per heavy atom. The van der Waals surface area contributed by atoms with Gasteiger partial charge in [-0.2, -0.15) is 0 Å². The van der Waals surface area contributed by atoms with Crippen molar-refractivity contribution in [1.29, 1.82) is 0 Å². The van der Waals surface area contributed by atoms with Gasteiger partial charge in [-0.05, 0) is 49.4 Å². The number of aryl methyl sites for hydroxylation is 1. The molecule has 0 bridgehead atoms. The molecule has 0 saturated heterocycles. The molecule has 1 aromatic heterocycles. The number of hydrogen-bond donors (Lipinski definition) is 2. The second-order valence-electron chi connectivity index (χ2n) is 6.61. The lowest BCUT2D eigenvalue weighted by atomic mass is 10.1. The van der Waals surface area contributed by atoms with Gasteiger partial charge in [-0.15, -0.1) is 0 Å². The van der Waals surface area contributed by atoms with E-state index in [0.717, 1.165) is 29.7 Å². The summed E-state index contributed by atoms with van der Waals surface area (Å²) in [6, 6.07) is 18.1. The highest BCUT2D eigenvalue weighted by Gasteiger charge is 2.20. The Labute approximate surface area is 172 Å². The van der Waals surface area contributed by atoms with Crippen molar-refractivity contribution in [2.75, 3.05) is 10.0 Å². The number of fused-ring (bicyclic) bond motifs is 1. The molecule has 4 aromatic rings. The zero-order valence-corrected chi connectivity index (χ0v) is 16.7. The van der Waals surface area contributed by atoms with Crippen LogP contribution in [-0.2, 0) is 10.0 Å². The molecule has 1 heterocycles. The number of halogens is 1. The predicted octanol–water partition coefficient (Wildman–Crippen LogP) is 4.93. The number of hydrogen-bond acceptors (Lipinski definition) is 4. The van der Waals surface area contributed by atoms with Gasteiger partial charge in [0, 0.05) is 10.9 Å². The molecular formula is C22H17FN2O4S. The van der Waals surface area contributed by atoms with Gasteiger partial charge in [0.1, 0.15) is 11.4 Å². The van der Waals surface area contributed by atoms with E-state index in [0.29, 0.717) is 11.1 Å². The molecule has 8 heteroatoms. The molecule has 0 fully saturated rings. The van der Waals surface area contributed by atoms with E-state index in [-0.39, 0.29) is 22.0 Å². The average Bonchev–Trinajstić information content (AvgIpc) is 3.07. The van der Waals surface area contributed by atoms with Crippen LogP contribution in [0.3, 0.4) is 0 Å². The first-order valence-corrected chi connectivity index (χ1v) is 10.5. The number of furan rings is 1. The minimum atomic E-state index is -3.97. The molecule has 0 aliphatic heterocycles. The number of anilines is 2. The summed E-state index contributed by atoms with van der Waals surface area (Å²) in [6.07, 6.45) is 0. The lowest BCUT2D eigenvalue weighted by Gasteiger charge is -2.13. The van der Waals surface area contributed by atoms with E-state index in [1.807, 2.05) is 18.2 Å². The third-order valence-corrected chi connectivity index (χ3v) is 5.97. The Hall–Kier alpha value is -3.65. The van der Waals surface area contributed by atoms with Gasteiger partial charge in [0.25, 0.3) is 15.9 Å². The number of para-hydroxylation sites is 3. The van der Waals surface area contributed by atoms with Crippen molar-refractivity contribution < 1.29 is 22.0 Å². The van der Waals surface area contributed by atoms with Crippen molar-refractivity contribution in [1.82, 2.24) is 0 Å². The van der Waals surface area contributed by atoms with Crippen LogP contribution in [0.15, 0.2) is 82.1 Å². The highest BCUT2D eigenvalue weighted by atomic mass is 32.2. The van der Waals surface area contributed by atoms with Gasteiger partial charge >= 0.3 is 0 Å². The first-order valence-electron chi connectivity index (χ1n) is 9.02. The van der Waals surface area contributed by atoms with E-state index >= 15 is 0 Å². The number of carbonyl (C=O) groups excluding carboxylic acids is 1. The highest BCUT2D eigenvalue weighted by Crippen LogP contribution is 2.28. The minimum absolute atomic E-state index is 0.0989. The summed E-state index contributed by atoms with van der Waals surface area (Å²) in [5, 5.41) is 3.52. The van der Waals surface area contributed by atoms with Crippen molar-refractivity contribution in [2.45, 2.75) is 11.8 Å². The van der Waals surface area contributed by atoms with Crippen molar-refractivity contribution in [3.63, 3.8) is 0 Å². The normalized spacial score (nSPS) is 11.4. The molecule has 1 amide bonds. The van der Waals surface area contributed by atoms with Crippen molar-refractivity contribution in [3.05, 3.63) is 89.9 Å². The van der Waals surface area contributed by atoms with Crippen LogP contribution in [0.2, 0.25) is 0 Å². The van der Waals surface area contributed by atoms with Crippen LogP contribution >= 0.6 is 0 Å². The Morgan fingerprint density at radius 3 is 2.23 bits per heavy atom. The maximum absolute atomic E-state index is 13.1. The van der Waals surface area contributed by atoms with Crippen molar-refractivity contribution >= 4 is 38.3 Å². The van der Waals surface area contributed by atoms with Gasteiger partial charge in [0.05, 0.1) is 16.3 Å². The number of amides is 1. The lowest BCUT2D eigenvalue weighted by Crippen LogP contribution is -2.17. The fraction of sp³-hybridized carbons (Fsp3) is 0.0455. The van der Waals surface area contributed by atoms with Gasteiger partial charge in [0.2, 0.25) is 0 Å². The molecule has 6 nitrogen and oxygen atoms in total. The second kappa shape index (κ2) is 7.64. The zero-order chi connectivity index (χ0) is 21.3. The summed E-state index contributed by atoms with van der Waals surface area (Å²) in [5.74, 6) is -0.896. The van der Waals surface area contributed by atoms with E-state index in [9.17, 15) is 17.6 Å². The molecule has 3 aromatic carbocycles. The first kappa shape index (κ1) is 19.7. The van der Waals surface area contributed by atoms with Gasteiger partial charge in [-0.3, -0.25) is 9.52 Å². The molecule has 4 rings (SSSR count). The number of carbonyl (C=O) groups is 1. The van der Waals surface area contributed by atoms with Crippen LogP contribution in [-0.4, -0.2) is 14.3 Å². The fourth-order valence-corrected chi connectivity index (χ4v) is 4.15. The van der Waals surface area contributed by atoms with Gasteiger partial charge in [-0.25, -0.2) is 12.8 Å². The summed E-state index contributed by atoms with van der Waals surface area (Å²) in [4.78, 5) is 12.7. The number of sulfonamides is 1. The molecule has 30 heavy (non-hydrogen) atoms. The molecule has 0 aliphatic carbocycles. The summed E-state index contributed by atoms with van der Waals surface area (Å²) < 4.78 is 46.5. The largest absolute Gasteiger partial charge is 0.451 e.